The zero-order valence-electron chi connectivity index (χ0n) is 17.7. The van der Waals surface area contributed by atoms with Crippen LogP contribution in [-0.2, 0) is 25.7 Å². The molecule has 1 saturated carbocycles. The minimum Gasteiger partial charge on any atom is -0.465 e. The lowest BCUT2D eigenvalue weighted by Gasteiger charge is -2.36. The second-order valence-corrected chi connectivity index (χ2v) is 10.1. The van der Waals surface area contributed by atoms with Crippen molar-refractivity contribution in [2.24, 2.45) is 11.3 Å². The number of halogens is 1. The van der Waals surface area contributed by atoms with Gasteiger partial charge in [0.2, 0.25) is 0 Å². The lowest BCUT2D eigenvalue weighted by molar-refractivity contribution is 0.162. The Kier molecular flexibility index (Phi) is 5.75. The molecule has 1 aromatic carbocycles. The van der Waals surface area contributed by atoms with Gasteiger partial charge in [0.05, 0.1) is 5.54 Å². The minimum absolute atomic E-state index is 0.202. The molecule has 0 bridgehead atoms. The predicted octanol–water partition coefficient (Wildman–Crippen LogP) is 5.24. The number of rotatable bonds is 5. The molecule has 0 aliphatic heterocycles. The van der Waals surface area contributed by atoms with E-state index in [1.165, 1.54) is 5.56 Å². The van der Waals surface area contributed by atoms with Crippen LogP contribution in [0.5, 0.6) is 0 Å². The number of fused-ring (bicyclic) bond motifs is 1. The van der Waals surface area contributed by atoms with E-state index in [1.54, 1.807) is 0 Å². The molecule has 2 N–H and O–H groups in total. The van der Waals surface area contributed by atoms with Gasteiger partial charge in [0.1, 0.15) is 11.0 Å². The highest BCUT2D eigenvalue weighted by molar-refractivity contribution is 6.30. The molecule has 0 radical (unpaired) electrons. The Morgan fingerprint density at radius 1 is 1.23 bits per heavy atom. The average molecular weight is 428 g/mol. The molecule has 6 heteroatoms. The van der Waals surface area contributed by atoms with Crippen LogP contribution in [0.15, 0.2) is 30.3 Å². The molecule has 1 amide bonds. The maximum Gasteiger partial charge on any atom is 0.405 e. The van der Waals surface area contributed by atoms with Gasteiger partial charge in [-0.2, -0.15) is 0 Å². The van der Waals surface area contributed by atoms with E-state index in [9.17, 15) is 9.90 Å². The molecule has 30 heavy (non-hydrogen) atoms. The van der Waals surface area contributed by atoms with Crippen LogP contribution in [-0.4, -0.2) is 26.7 Å². The van der Waals surface area contributed by atoms with Crippen LogP contribution in [0.25, 0.3) is 0 Å². The van der Waals surface area contributed by atoms with Crippen LogP contribution in [0.4, 0.5) is 4.79 Å². The van der Waals surface area contributed by atoms with E-state index < -0.39 is 11.6 Å². The van der Waals surface area contributed by atoms with Crippen molar-refractivity contribution in [3.05, 3.63) is 58.1 Å². The summed E-state index contributed by atoms with van der Waals surface area (Å²) in [4.78, 5) is 21.2. The maximum absolute atomic E-state index is 11.7. The van der Waals surface area contributed by atoms with Crippen LogP contribution in [0.1, 0.15) is 62.2 Å². The number of nitrogens with one attached hydrogen (secondary N) is 1. The van der Waals surface area contributed by atoms with Gasteiger partial charge in [0.25, 0.3) is 0 Å². The molecule has 2 aliphatic carbocycles. The van der Waals surface area contributed by atoms with Crippen molar-refractivity contribution in [3.63, 3.8) is 0 Å². The number of aryl methyl sites for hydroxylation is 1. The number of hydrogen-bond donors (Lipinski definition) is 2. The second-order valence-electron chi connectivity index (χ2n) is 9.74. The van der Waals surface area contributed by atoms with Gasteiger partial charge in [-0.25, -0.2) is 14.8 Å². The van der Waals surface area contributed by atoms with Gasteiger partial charge in [0.15, 0.2) is 0 Å². The Balaban J connectivity index is 1.63. The highest BCUT2D eigenvalue weighted by atomic mass is 35.5. The Bertz CT molecular complexity index is 932. The number of amides is 1. The van der Waals surface area contributed by atoms with E-state index in [0.717, 1.165) is 56.2 Å². The monoisotopic (exact) mass is 427 g/mol. The number of hydrogen-bond acceptors (Lipinski definition) is 3. The molecule has 4 rings (SSSR count). The third-order valence-electron chi connectivity index (χ3n) is 6.89. The summed E-state index contributed by atoms with van der Waals surface area (Å²) in [5.74, 6) is 0.862. The van der Waals surface area contributed by atoms with Crippen molar-refractivity contribution in [1.82, 2.24) is 15.3 Å². The van der Waals surface area contributed by atoms with Gasteiger partial charge in [-0.3, -0.25) is 0 Å². The van der Waals surface area contributed by atoms with Crippen molar-refractivity contribution in [2.75, 3.05) is 0 Å². The van der Waals surface area contributed by atoms with Crippen molar-refractivity contribution < 1.29 is 9.90 Å². The van der Waals surface area contributed by atoms with Crippen LogP contribution < -0.4 is 5.32 Å². The van der Waals surface area contributed by atoms with Gasteiger partial charge >= 0.3 is 6.09 Å². The maximum atomic E-state index is 11.7. The smallest absolute Gasteiger partial charge is 0.405 e. The van der Waals surface area contributed by atoms with E-state index in [4.69, 9.17) is 16.6 Å². The fourth-order valence-electron chi connectivity index (χ4n) is 5.31. The van der Waals surface area contributed by atoms with Crippen molar-refractivity contribution in [3.8, 4) is 0 Å². The normalized spacial score (nSPS) is 25.0. The van der Waals surface area contributed by atoms with Gasteiger partial charge in [-0.1, -0.05) is 62.2 Å². The lowest BCUT2D eigenvalue weighted by atomic mass is 9.76. The molecule has 0 saturated heterocycles. The molecule has 5 nitrogen and oxygen atoms in total. The average Bonchev–Trinajstić information content (AvgIpc) is 3.04. The van der Waals surface area contributed by atoms with Crippen LogP contribution >= 0.6 is 11.6 Å². The van der Waals surface area contributed by atoms with Gasteiger partial charge in [0, 0.05) is 17.7 Å². The van der Waals surface area contributed by atoms with E-state index in [0.29, 0.717) is 17.4 Å². The first-order chi connectivity index (χ1) is 14.3. The summed E-state index contributed by atoms with van der Waals surface area (Å²) in [5.41, 5.74) is 2.97. The zero-order chi connectivity index (χ0) is 21.4. The molecule has 2 aromatic rings. The molecule has 160 valence electrons. The predicted molar refractivity (Wildman–Crippen MR) is 118 cm³/mol. The first kappa shape index (κ1) is 21.1. The quantitative estimate of drug-likeness (QED) is 0.640. The summed E-state index contributed by atoms with van der Waals surface area (Å²) in [6, 6.07) is 10.3. The third-order valence-corrected chi connectivity index (χ3v) is 7.21. The van der Waals surface area contributed by atoms with Gasteiger partial charge in [-0.15, -0.1) is 0 Å². The topological polar surface area (TPSA) is 75.1 Å². The molecule has 2 atom stereocenters. The van der Waals surface area contributed by atoms with Crippen molar-refractivity contribution >= 4 is 17.7 Å². The van der Waals surface area contributed by atoms with Gasteiger partial charge in [-0.05, 0) is 55.4 Å². The molecule has 0 spiro atoms. The highest BCUT2D eigenvalue weighted by Crippen LogP contribution is 2.41. The Hall–Kier alpha value is -2.14. The molecule has 2 unspecified atom stereocenters. The van der Waals surface area contributed by atoms with Crippen LogP contribution in [0.3, 0.4) is 0 Å². The van der Waals surface area contributed by atoms with Crippen LogP contribution in [0.2, 0.25) is 5.15 Å². The summed E-state index contributed by atoms with van der Waals surface area (Å²) in [5, 5.41) is 13.0. The fraction of sp³-hybridized carbons (Fsp3) is 0.542. The summed E-state index contributed by atoms with van der Waals surface area (Å²) in [7, 11) is 0. The van der Waals surface area contributed by atoms with Crippen molar-refractivity contribution in [2.45, 2.75) is 70.8 Å². The summed E-state index contributed by atoms with van der Waals surface area (Å²) in [6.45, 7) is 4.50. The highest BCUT2D eigenvalue weighted by Gasteiger charge is 2.45. The zero-order valence-corrected chi connectivity index (χ0v) is 18.5. The van der Waals surface area contributed by atoms with Gasteiger partial charge < -0.3 is 10.4 Å². The molecular formula is C24H30ClN3O2. The molecule has 1 aromatic heterocycles. The number of carboxylic acid groups (broad SMARTS) is 1. The standard InChI is InChI=1S/C24H30ClN3O2/c1-23(2)12-10-19-18(14-23)21(25)27-20(26-19)15-24(28-22(29)30)11-6-9-17(24)13-16-7-4-3-5-8-16/h3-5,7-8,17,28H,6,9-15H2,1-2H3,(H,29,30). The number of carbonyl (C=O) groups is 1. The van der Waals surface area contributed by atoms with Crippen molar-refractivity contribution in [1.29, 1.82) is 0 Å². The molecule has 2 aliphatic rings. The number of aromatic nitrogens is 2. The Morgan fingerprint density at radius 3 is 2.73 bits per heavy atom. The lowest BCUT2D eigenvalue weighted by Crippen LogP contribution is -2.53. The molecule has 1 fully saturated rings. The van der Waals surface area contributed by atoms with E-state index in [1.807, 2.05) is 18.2 Å². The van der Waals surface area contributed by atoms with E-state index in [2.05, 4.69) is 36.3 Å². The summed E-state index contributed by atoms with van der Waals surface area (Å²) >= 11 is 6.59. The second kappa shape index (κ2) is 8.18. The summed E-state index contributed by atoms with van der Waals surface area (Å²) < 4.78 is 0. The third kappa shape index (κ3) is 4.46. The SMILES string of the molecule is CC1(C)CCc2nc(CC3(NC(=O)O)CCCC3Cc3ccccc3)nc(Cl)c2C1. The molecule has 1 heterocycles. The number of benzene rings is 1. The molecular weight excluding hydrogens is 398 g/mol. The van der Waals surface area contributed by atoms with E-state index >= 15 is 0 Å². The number of nitrogens with zero attached hydrogens (tertiary/aromatic N) is 2. The van der Waals surface area contributed by atoms with Crippen LogP contribution in [0, 0.1) is 11.3 Å². The fourth-order valence-corrected chi connectivity index (χ4v) is 5.58. The summed E-state index contributed by atoms with van der Waals surface area (Å²) in [6.07, 6.45) is 5.96. The van der Waals surface area contributed by atoms with E-state index in [-0.39, 0.29) is 11.3 Å². The first-order valence-electron chi connectivity index (χ1n) is 10.9. The largest absolute Gasteiger partial charge is 0.465 e. The Labute approximate surface area is 183 Å². The Morgan fingerprint density at radius 2 is 2.00 bits per heavy atom. The first-order valence-corrected chi connectivity index (χ1v) is 11.2. The minimum atomic E-state index is -0.985.